The monoisotopic (exact) mass is 448 g/mol. The lowest BCUT2D eigenvalue weighted by Gasteiger charge is -2.35. The molecule has 0 spiro atoms. The highest BCUT2D eigenvalue weighted by Crippen LogP contribution is 2.32. The van der Waals surface area contributed by atoms with Gasteiger partial charge in [0.2, 0.25) is 0 Å². The van der Waals surface area contributed by atoms with Crippen LogP contribution in [0.2, 0.25) is 0 Å². The largest absolute Gasteiger partial charge is 0.573 e. The predicted molar refractivity (Wildman–Crippen MR) is 98.0 cm³/mol. The van der Waals surface area contributed by atoms with E-state index in [1.807, 2.05) is 0 Å². The van der Waals surface area contributed by atoms with Crippen molar-refractivity contribution < 1.29 is 35.9 Å². The molecule has 2 N–H and O–H groups in total. The minimum Gasteiger partial charge on any atom is -0.404 e. The summed E-state index contributed by atoms with van der Waals surface area (Å²) in [5.41, 5.74) is 4.24. The smallest absolute Gasteiger partial charge is 0.404 e. The predicted octanol–water partition coefficient (Wildman–Crippen LogP) is 3.54. The van der Waals surface area contributed by atoms with Gasteiger partial charge in [0.15, 0.2) is 5.75 Å². The third-order valence-electron chi connectivity index (χ3n) is 4.71. The lowest BCUT2D eigenvalue weighted by molar-refractivity contribution is -0.274. The fourth-order valence-electron chi connectivity index (χ4n) is 3.21. The average molecular weight is 448 g/mol. The molecule has 12 heteroatoms. The number of ether oxygens (including phenoxy) is 1. The zero-order valence-corrected chi connectivity index (χ0v) is 16.0. The van der Waals surface area contributed by atoms with Gasteiger partial charge in [-0.3, -0.25) is 14.7 Å². The quantitative estimate of drug-likeness (QED) is 0.573. The summed E-state index contributed by atoms with van der Waals surface area (Å²) in [4.78, 5) is 19.6. The van der Waals surface area contributed by atoms with E-state index >= 15 is 0 Å². The summed E-state index contributed by atoms with van der Waals surface area (Å²) in [5, 5.41) is 0. The van der Waals surface area contributed by atoms with Gasteiger partial charge < -0.3 is 15.4 Å². The number of nitrogens with zero attached hydrogens (tertiary/aromatic N) is 3. The number of anilines is 1. The molecular weight excluding hydrogens is 430 g/mol. The number of carbonyl (C=O) groups is 1. The van der Waals surface area contributed by atoms with Gasteiger partial charge in [-0.15, -0.1) is 13.2 Å². The van der Waals surface area contributed by atoms with Gasteiger partial charge in [-0.2, -0.15) is 13.2 Å². The molecule has 31 heavy (non-hydrogen) atoms. The molecule has 0 unspecified atom stereocenters. The minimum atomic E-state index is -4.96. The Hall–Kier alpha value is -3.02. The van der Waals surface area contributed by atoms with Crippen molar-refractivity contribution in [3.05, 3.63) is 53.3 Å². The van der Waals surface area contributed by atoms with E-state index in [9.17, 15) is 31.1 Å². The molecule has 3 rings (SSSR count). The van der Waals surface area contributed by atoms with Crippen LogP contribution in [0.3, 0.4) is 0 Å². The van der Waals surface area contributed by atoms with Gasteiger partial charge >= 0.3 is 12.5 Å². The fourth-order valence-corrected chi connectivity index (χ4v) is 3.21. The third kappa shape index (κ3) is 5.78. The van der Waals surface area contributed by atoms with Crippen LogP contribution in [0.1, 0.15) is 21.6 Å². The number of aromatic nitrogens is 1. The summed E-state index contributed by atoms with van der Waals surface area (Å²) in [6, 6.07) is 5.53. The number of piperazine rings is 1. The Labute approximate surface area is 173 Å². The zero-order valence-electron chi connectivity index (χ0n) is 16.0. The van der Waals surface area contributed by atoms with E-state index in [2.05, 4.69) is 9.72 Å². The standard InChI is InChI=1S/C19H18F6N4O2/c20-18(21,22)13-2-1-5-27-15(13)11-28-6-8-29(9-7-28)17(30)12-3-4-14(26)16(10-12)31-19(23,24)25/h1-5,10H,6-9,11,26H2. The van der Waals surface area contributed by atoms with Crippen LogP contribution in [0.15, 0.2) is 36.5 Å². The number of alkyl halides is 6. The van der Waals surface area contributed by atoms with E-state index in [-0.39, 0.29) is 49.7 Å². The SMILES string of the molecule is Nc1ccc(C(=O)N2CCN(Cc3ncccc3C(F)(F)F)CC2)cc1OC(F)(F)F. The first kappa shape index (κ1) is 22.7. The number of pyridine rings is 1. The van der Waals surface area contributed by atoms with Crippen molar-refractivity contribution in [2.45, 2.75) is 19.1 Å². The topological polar surface area (TPSA) is 71.7 Å². The number of carbonyl (C=O) groups excluding carboxylic acids is 1. The molecule has 0 bridgehead atoms. The van der Waals surface area contributed by atoms with Crippen LogP contribution >= 0.6 is 0 Å². The molecule has 2 aromatic rings. The van der Waals surface area contributed by atoms with Crippen LogP contribution in [0, 0.1) is 0 Å². The average Bonchev–Trinajstić information content (AvgIpc) is 2.68. The molecule has 1 amide bonds. The summed E-state index contributed by atoms with van der Waals surface area (Å²) < 4.78 is 80.6. The van der Waals surface area contributed by atoms with Crippen LogP contribution in [0.4, 0.5) is 32.0 Å². The van der Waals surface area contributed by atoms with Crippen molar-refractivity contribution >= 4 is 11.6 Å². The first-order valence-electron chi connectivity index (χ1n) is 9.12. The van der Waals surface area contributed by atoms with Gasteiger partial charge in [-0.05, 0) is 30.3 Å². The third-order valence-corrected chi connectivity index (χ3v) is 4.71. The molecule has 0 saturated carbocycles. The molecule has 1 aliphatic rings. The summed E-state index contributed by atoms with van der Waals surface area (Å²) in [7, 11) is 0. The summed E-state index contributed by atoms with van der Waals surface area (Å²) in [6.45, 7) is 0.893. The number of rotatable bonds is 4. The van der Waals surface area contributed by atoms with E-state index in [1.54, 1.807) is 4.90 Å². The van der Waals surface area contributed by atoms with E-state index in [1.165, 1.54) is 23.2 Å². The summed E-state index contributed by atoms with van der Waals surface area (Å²) in [6.07, 6.45) is -8.19. The molecule has 1 aromatic heterocycles. The number of benzene rings is 1. The number of hydrogen-bond acceptors (Lipinski definition) is 5. The highest BCUT2D eigenvalue weighted by atomic mass is 19.4. The van der Waals surface area contributed by atoms with Gasteiger partial charge in [-0.25, -0.2) is 0 Å². The van der Waals surface area contributed by atoms with Crippen LogP contribution < -0.4 is 10.5 Å². The molecule has 2 heterocycles. The minimum absolute atomic E-state index is 0.0361. The molecule has 1 saturated heterocycles. The van der Waals surface area contributed by atoms with Gasteiger partial charge in [0.25, 0.3) is 5.91 Å². The van der Waals surface area contributed by atoms with Crippen molar-refractivity contribution in [3.63, 3.8) is 0 Å². The number of hydrogen-bond donors (Lipinski definition) is 1. The second-order valence-electron chi connectivity index (χ2n) is 6.86. The molecule has 6 nitrogen and oxygen atoms in total. The van der Waals surface area contributed by atoms with Crippen molar-refractivity contribution in [3.8, 4) is 5.75 Å². The van der Waals surface area contributed by atoms with Gasteiger partial charge in [-0.1, -0.05) is 0 Å². The molecule has 1 aromatic carbocycles. The number of halogens is 6. The summed E-state index contributed by atoms with van der Waals surface area (Å²) >= 11 is 0. The first-order valence-corrected chi connectivity index (χ1v) is 9.12. The first-order chi connectivity index (χ1) is 14.4. The van der Waals surface area contributed by atoms with Crippen molar-refractivity contribution in [1.82, 2.24) is 14.8 Å². The number of amides is 1. The van der Waals surface area contributed by atoms with E-state index in [0.717, 1.165) is 18.2 Å². The number of nitrogen functional groups attached to an aromatic ring is 1. The zero-order chi connectivity index (χ0) is 22.8. The van der Waals surface area contributed by atoms with Gasteiger partial charge in [0.05, 0.1) is 16.9 Å². The van der Waals surface area contributed by atoms with Gasteiger partial charge in [0.1, 0.15) is 0 Å². The summed E-state index contributed by atoms with van der Waals surface area (Å²) in [5.74, 6) is -1.20. The van der Waals surface area contributed by atoms with E-state index in [4.69, 9.17) is 5.73 Å². The normalized spacial score (nSPS) is 15.7. The molecular formula is C19H18F6N4O2. The Morgan fingerprint density at radius 3 is 2.35 bits per heavy atom. The Morgan fingerprint density at radius 1 is 1.06 bits per heavy atom. The molecule has 0 aliphatic carbocycles. The van der Waals surface area contributed by atoms with Crippen molar-refractivity contribution in [1.29, 1.82) is 0 Å². The molecule has 168 valence electrons. The van der Waals surface area contributed by atoms with E-state index < -0.39 is 29.8 Å². The van der Waals surface area contributed by atoms with Crippen LogP contribution in [-0.2, 0) is 12.7 Å². The molecule has 0 radical (unpaired) electrons. The maximum Gasteiger partial charge on any atom is 0.573 e. The Kier molecular flexibility index (Phi) is 6.30. The maximum atomic E-state index is 13.1. The second-order valence-corrected chi connectivity index (χ2v) is 6.86. The van der Waals surface area contributed by atoms with Gasteiger partial charge in [0, 0.05) is 44.5 Å². The Bertz CT molecular complexity index is 940. The van der Waals surface area contributed by atoms with E-state index in [0.29, 0.717) is 0 Å². The van der Waals surface area contributed by atoms with Crippen LogP contribution in [0.25, 0.3) is 0 Å². The lowest BCUT2D eigenvalue weighted by Crippen LogP contribution is -2.48. The maximum absolute atomic E-state index is 13.1. The molecule has 1 fully saturated rings. The molecule has 1 aliphatic heterocycles. The van der Waals surface area contributed by atoms with Crippen LogP contribution in [0.5, 0.6) is 5.75 Å². The number of nitrogens with two attached hydrogens (primary N) is 1. The lowest BCUT2D eigenvalue weighted by atomic mass is 10.1. The Balaban J connectivity index is 1.64. The highest BCUT2D eigenvalue weighted by molar-refractivity contribution is 5.95. The highest BCUT2D eigenvalue weighted by Gasteiger charge is 2.35. The fraction of sp³-hybridized carbons (Fsp3) is 0.368. The Morgan fingerprint density at radius 2 is 1.74 bits per heavy atom. The molecule has 0 atom stereocenters. The van der Waals surface area contributed by atoms with Crippen molar-refractivity contribution in [2.24, 2.45) is 0 Å². The van der Waals surface area contributed by atoms with Crippen LogP contribution in [-0.4, -0.2) is 53.2 Å². The second kappa shape index (κ2) is 8.61. The van der Waals surface area contributed by atoms with Crippen molar-refractivity contribution in [2.75, 3.05) is 31.9 Å².